The van der Waals surface area contributed by atoms with Crippen LogP contribution in [0, 0.1) is 0 Å². The van der Waals surface area contributed by atoms with Crippen LogP contribution in [0.3, 0.4) is 0 Å². The maximum absolute atomic E-state index is 5.68. The molecule has 7 heteroatoms. The SMILES string of the molecule is CCNC(=NCc1ccnc(N(C)C)c1)NCc1ccccc1OCC.I. The largest absolute Gasteiger partial charge is 0.494 e. The van der Waals surface area contributed by atoms with Crippen LogP contribution in [0.2, 0.25) is 0 Å². The second-order valence-electron chi connectivity index (χ2n) is 6.01. The minimum absolute atomic E-state index is 0. The summed E-state index contributed by atoms with van der Waals surface area (Å²) in [5.41, 5.74) is 2.23. The van der Waals surface area contributed by atoms with Crippen LogP contribution in [0.5, 0.6) is 5.75 Å². The second kappa shape index (κ2) is 12.4. The first-order chi connectivity index (χ1) is 12.6. The van der Waals surface area contributed by atoms with Crippen molar-refractivity contribution < 1.29 is 4.74 Å². The van der Waals surface area contributed by atoms with Crippen molar-refractivity contribution in [3.05, 3.63) is 53.7 Å². The molecular weight excluding hydrogens is 453 g/mol. The Balaban J connectivity index is 0.00000364. The molecule has 0 saturated heterocycles. The Labute approximate surface area is 179 Å². The van der Waals surface area contributed by atoms with Crippen LogP contribution in [-0.4, -0.2) is 38.2 Å². The van der Waals surface area contributed by atoms with Gasteiger partial charge in [0.1, 0.15) is 11.6 Å². The van der Waals surface area contributed by atoms with Crippen molar-refractivity contribution in [1.82, 2.24) is 15.6 Å². The van der Waals surface area contributed by atoms with Gasteiger partial charge in [0.15, 0.2) is 5.96 Å². The number of anilines is 1. The zero-order chi connectivity index (χ0) is 18.8. The van der Waals surface area contributed by atoms with E-state index in [-0.39, 0.29) is 24.0 Å². The summed E-state index contributed by atoms with van der Waals surface area (Å²) >= 11 is 0. The Morgan fingerprint density at radius 1 is 1.15 bits per heavy atom. The van der Waals surface area contributed by atoms with Crippen molar-refractivity contribution in [2.45, 2.75) is 26.9 Å². The molecule has 2 rings (SSSR count). The number of aliphatic imine (C=N–C) groups is 1. The predicted molar refractivity (Wildman–Crippen MR) is 123 cm³/mol. The first-order valence-electron chi connectivity index (χ1n) is 8.99. The molecule has 0 aliphatic rings. The molecule has 0 spiro atoms. The molecule has 1 aromatic carbocycles. The van der Waals surface area contributed by atoms with Gasteiger partial charge in [0.25, 0.3) is 0 Å². The molecular formula is C20H30IN5O. The summed E-state index contributed by atoms with van der Waals surface area (Å²) in [6.07, 6.45) is 1.82. The molecule has 2 N–H and O–H groups in total. The van der Waals surface area contributed by atoms with Crippen LogP contribution in [0.1, 0.15) is 25.0 Å². The number of hydrogen-bond donors (Lipinski definition) is 2. The highest BCUT2D eigenvalue weighted by molar-refractivity contribution is 14.0. The summed E-state index contributed by atoms with van der Waals surface area (Å²) in [6, 6.07) is 12.1. The third kappa shape index (κ3) is 7.62. The van der Waals surface area contributed by atoms with Crippen LogP contribution in [0.25, 0.3) is 0 Å². The van der Waals surface area contributed by atoms with E-state index >= 15 is 0 Å². The predicted octanol–water partition coefficient (Wildman–Crippen LogP) is 3.42. The van der Waals surface area contributed by atoms with Crippen LogP contribution >= 0.6 is 24.0 Å². The smallest absolute Gasteiger partial charge is 0.191 e. The molecule has 0 unspecified atom stereocenters. The Morgan fingerprint density at radius 3 is 2.63 bits per heavy atom. The molecule has 0 atom stereocenters. The lowest BCUT2D eigenvalue weighted by atomic mass is 10.2. The zero-order valence-electron chi connectivity index (χ0n) is 16.5. The minimum Gasteiger partial charge on any atom is -0.494 e. The Hall–Kier alpha value is -2.03. The van der Waals surface area contributed by atoms with Gasteiger partial charge in [-0.25, -0.2) is 9.98 Å². The first-order valence-corrected chi connectivity index (χ1v) is 8.99. The number of benzene rings is 1. The van der Waals surface area contributed by atoms with Gasteiger partial charge in [0.2, 0.25) is 0 Å². The Kier molecular flexibility index (Phi) is 10.5. The summed E-state index contributed by atoms with van der Waals surface area (Å²) in [7, 11) is 3.97. The molecule has 1 aromatic heterocycles. The van der Waals surface area contributed by atoms with Crippen molar-refractivity contribution in [3.8, 4) is 5.75 Å². The highest BCUT2D eigenvalue weighted by Gasteiger charge is 2.04. The van der Waals surface area contributed by atoms with E-state index < -0.39 is 0 Å². The normalized spacial score (nSPS) is 10.7. The number of aromatic nitrogens is 1. The van der Waals surface area contributed by atoms with Crippen LogP contribution in [0.15, 0.2) is 47.6 Å². The van der Waals surface area contributed by atoms with Crippen molar-refractivity contribution in [1.29, 1.82) is 0 Å². The molecule has 27 heavy (non-hydrogen) atoms. The number of pyridine rings is 1. The quantitative estimate of drug-likeness (QED) is 0.343. The number of rotatable bonds is 8. The molecule has 0 radical (unpaired) electrons. The molecule has 148 valence electrons. The Morgan fingerprint density at radius 2 is 1.93 bits per heavy atom. The van der Waals surface area contributed by atoms with Crippen LogP contribution < -0.4 is 20.3 Å². The number of hydrogen-bond acceptors (Lipinski definition) is 4. The second-order valence-corrected chi connectivity index (χ2v) is 6.01. The lowest BCUT2D eigenvalue weighted by Gasteiger charge is -2.14. The van der Waals surface area contributed by atoms with E-state index in [1.165, 1.54) is 0 Å². The molecule has 0 aliphatic carbocycles. The van der Waals surface area contributed by atoms with Gasteiger partial charge in [0, 0.05) is 38.9 Å². The molecule has 6 nitrogen and oxygen atoms in total. The summed E-state index contributed by atoms with van der Waals surface area (Å²) in [5.74, 6) is 2.62. The summed E-state index contributed by atoms with van der Waals surface area (Å²) < 4.78 is 5.68. The van der Waals surface area contributed by atoms with Gasteiger partial charge in [-0.05, 0) is 37.6 Å². The number of para-hydroxylation sites is 1. The van der Waals surface area contributed by atoms with Gasteiger partial charge >= 0.3 is 0 Å². The standard InChI is InChI=1S/C20H29N5O.HI/c1-5-21-20(23-14-16-11-12-22-19(13-16)25(3)4)24-15-17-9-7-8-10-18(17)26-6-2;/h7-13H,5-6,14-15H2,1-4H3,(H2,21,23,24);1H. The molecule has 0 saturated carbocycles. The first kappa shape index (κ1) is 23.0. The fourth-order valence-electron chi connectivity index (χ4n) is 2.44. The van der Waals surface area contributed by atoms with Gasteiger partial charge in [-0.15, -0.1) is 24.0 Å². The topological polar surface area (TPSA) is 61.8 Å². The third-order valence-electron chi connectivity index (χ3n) is 3.75. The highest BCUT2D eigenvalue weighted by atomic mass is 127. The fourth-order valence-corrected chi connectivity index (χ4v) is 2.44. The van der Waals surface area contributed by atoms with Crippen molar-refractivity contribution in [3.63, 3.8) is 0 Å². The van der Waals surface area contributed by atoms with Crippen LogP contribution in [0.4, 0.5) is 5.82 Å². The van der Waals surface area contributed by atoms with E-state index in [1.807, 2.05) is 56.4 Å². The maximum Gasteiger partial charge on any atom is 0.191 e. The van der Waals surface area contributed by atoms with E-state index in [1.54, 1.807) is 0 Å². The molecule has 0 fully saturated rings. The molecule has 0 bridgehead atoms. The van der Waals surface area contributed by atoms with Crippen molar-refractivity contribution >= 4 is 35.8 Å². The van der Waals surface area contributed by atoms with Gasteiger partial charge in [-0.1, -0.05) is 18.2 Å². The van der Waals surface area contributed by atoms with Gasteiger partial charge in [0.05, 0.1) is 13.2 Å². The lowest BCUT2D eigenvalue weighted by Crippen LogP contribution is -2.36. The van der Waals surface area contributed by atoms with Gasteiger partial charge < -0.3 is 20.3 Å². The monoisotopic (exact) mass is 483 g/mol. The average Bonchev–Trinajstić information content (AvgIpc) is 2.65. The molecule has 0 amide bonds. The van der Waals surface area contributed by atoms with E-state index in [9.17, 15) is 0 Å². The zero-order valence-corrected chi connectivity index (χ0v) is 18.9. The van der Waals surface area contributed by atoms with Crippen LogP contribution in [-0.2, 0) is 13.1 Å². The number of halogens is 1. The summed E-state index contributed by atoms with van der Waals surface area (Å²) in [6.45, 7) is 6.75. The van der Waals surface area contributed by atoms with Crippen molar-refractivity contribution in [2.24, 2.45) is 4.99 Å². The number of ether oxygens (including phenoxy) is 1. The molecule has 2 aromatic rings. The third-order valence-corrected chi connectivity index (χ3v) is 3.75. The summed E-state index contributed by atoms with van der Waals surface area (Å²) in [5, 5.41) is 6.66. The number of nitrogens with zero attached hydrogens (tertiary/aromatic N) is 3. The number of nitrogens with one attached hydrogen (secondary N) is 2. The average molecular weight is 483 g/mol. The van der Waals surface area contributed by atoms with E-state index in [4.69, 9.17) is 4.74 Å². The lowest BCUT2D eigenvalue weighted by molar-refractivity contribution is 0.336. The van der Waals surface area contributed by atoms with E-state index in [0.29, 0.717) is 19.7 Å². The Bertz CT molecular complexity index is 721. The molecule has 0 aliphatic heterocycles. The van der Waals surface area contributed by atoms with E-state index in [0.717, 1.165) is 35.2 Å². The summed E-state index contributed by atoms with van der Waals surface area (Å²) in [4.78, 5) is 11.0. The molecule has 1 heterocycles. The highest BCUT2D eigenvalue weighted by Crippen LogP contribution is 2.17. The van der Waals surface area contributed by atoms with E-state index in [2.05, 4.69) is 39.7 Å². The van der Waals surface area contributed by atoms with Gasteiger partial charge in [-0.3, -0.25) is 0 Å². The number of guanidine groups is 1. The minimum atomic E-state index is 0. The maximum atomic E-state index is 5.68. The van der Waals surface area contributed by atoms with Crippen molar-refractivity contribution in [2.75, 3.05) is 32.1 Å². The fraction of sp³-hybridized carbons (Fsp3) is 0.400. The van der Waals surface area contributed by atoms with Gasteiger partial charge in [-0.2, -0.15) is 0 Å².